The average Bonchev–Trinajstić information content (AvgIpc) is 3.25. The van der Waals surface area contributed by atoms with Crippen LogP contribution in [-0.4, -0.2) is 69.4 Å². The minimum absolute atomic E-state index is 0.0201. The highest BCUT2D eigenvalue weighted by atomic mass is 16.2. The Labute approximate surface area is 239 Å². The molecular weight excluding hydrogens is 494 g/mol. The molecule has 40 heavy (non-hydrogen) atoms. The Kier molecular flexibility index (Phi) is 8.11. The monoisotopic (exact) mass is 537 g/mol. The molecule has 3 aromatic carbocycles. The van der Waals surface area contributed by atoms with E-state index in [4.69, 9.17) is 4.98 Å². The second-order valence-corrected chi connectivity index (χ2v) is 11.9. The minimum Gasteiger partial charge on any atom is -0.329 e. The van der Waals surface area contributed by atoms with Crippen LogP contribution in [0.1, 0.15) is 57.8 Å². The number of imidazole rings is 1. The average molecular weight is 538 g/mol. The van der Waals surface area contributed by atoms with Gasteiger partial charge in [0.05, 0.1) is 17.6 Å². The summed E-state index contributed by atoms with van der Waals surface area (Å²) in [6.45, 7) is 18.2. The lowest BCUT2D eigenvalue weighted by Crippen LogP contribution is -2.43. The van der Waals surface area contributed by atoms with E-state index in [9.17, 15) is 4.79 Å². The van der Waals surface area contributed by atoms with Crippen LogP contribution >= 0.6 is 0 Å². The summed E-state index contributed by atoms with van der Waals surface area (Å²) in [5.74, 6) is 0.934. The summed E-state index contributed by atoms with van der Waals surface area (Å²) >= 11 is 0. The molecule has 2 heterocycles. The van der Waals surface area contributed by atoms with Gasteiger partial charge >= 0.3 is 0 Å². The third kappa shape index (κ3) is 5.84. The maximum absolute atomic E-state index is 14.0. The molecule has 5 rings (SSSR count). The molecule has 0 saturated carbocycles. The number of hydrogen-bond donors (Lipinski definition) is 0. The van der Waals surface area contributed by atoms with E-state index in [-0.39, 0.29) is 11.9 Å². The van der Waals surface area contributed by atoms with Gasteiger partial charge in [-0.25, -0.2) is 4.98 Å². The summed E-state index contributed by atoms with van der Waals surface area (Å²) in [6.07, 6.45) is 0. The molecule has 1 aromatic heterocycles. The first kappa shape index (κ1) is 28.1. The molecule has 1 aliphatic heterocycles. The van der Waals surface area contributed by atoms with Crippen LogP contribution < -0.4 is 0 Å². The molecule has 210 valence electrons. The number of carbonyl (C=O) groups is 1. The van der Waals surface area contributed by atoms with Crippen molar-refractivity contribution in [2.45, 2.75) is 60.7 Å². The van der Waals surface area contributed by atoms with E-state index in [1.54, 1.807) is 0 Å². The molecule has 0 radical (unpaired) electrons. The van der Waals surface area contributed by atoms with Gasteiger partial charge in [-0.3, -0.25) is 14.3 Å². The van der Waals surface area contributed by atoms with Crippen molar-refractivity contribution < 1.29 is 4.79 Å². The van der Waals surface area contributed by atoms with E-state index in [2.05, 4.69) is 104 Å². The second-order valence-electron chi connectivity index (χ2n) is 11.9. The normalized spacial score (nSPS) is 14.8. The summed E-state index contributed by atoms with van der Waals surface area (Å²) in [7, 11) is 2.19. The molecule has 0 N–H and O–H groups in total. The van der Waals surface area contributed by atoms with Crippen molar-refractivity contribution in [3.8, 4) is 5.69 Å². The largest absolute Gasteiger partial charge is 0.329 e. The van der Waals surface area contributed by atoms with Gasteiger partial charge in [0.2, 0.25) is 0 Å². The summed E-state index contributed by atoms with van der Waals surface area (Å²) in [5, 5.41) is 0. The lowest BCUT2D eigenvalue weighted by Gasteiger charge is -2.32. The number of rotatable bonds is 7. The molecule has 1 fully saturated rings. The molecule has 0 bridgehead atoms. The Morgan fingerprint density at radius 3 is 2.15 bits per heavy atom. The lowest BCUT2D eigenvalue weighted by molar-refractivity contribution is 0.0683. The highest BCUT2D eigenvalue weighted by molar-refractivity contribution is 5.97. The molecule has 0 atom stereocenters. The first-order valence-corrected chi connectivity index (χ1v) is 14.5. The highest BCUT2D eigenvalue weighted by Crippen LogP contribution is 2.27. The Balaban J connectivity index is 1.54. The van der Waals surface area contributed by atoms with Crippen LogP contribution in [0.4, 0.5) is 0 Å². The van der Waals surface area contributed by atoms with Crippen LogP contribution in [-0.2, 0) is 13.1 Å². The zero-order valence-corrected chi connectivity index (χ0v) is 25.2. The van der Waals surface area contributed by atoms with E-state index in [0.29, 0.717) is 6.54 Å². The fourth-order valence-electron chi connectivity index (χ4n) is 5.93. The zero-order valence-electron chi connectivity index (χ0n) is 25.2. The number of hydrogen-bond acceptors (Lipinski definition) is 4. The molecule has 6 heteroatoms. The van der Waals surface area contributed by atoms with Crippen LogP contribution in [0.25, 0.3) is 16.7 Å². The minimum atomic E-state index is 0.0201. The van der Waals surface area contributed by atoms with Crippen molar-refractivity contribution in [2.75, 3.05) is 33.2 Å². The maximum Gasteiger partial charge on any atom is 0.255 e. The van der Waals surface area contributed by atoms with Gasteiger partial charge in [0.1, 0.15) is 5.82 Å². The first-order valence-electron chi connectivity index (χ1n) is 14.5. The number of aromatic nitrogens is 2. The SMILES string of the molecule is Cc1ccc(-n2c(CN(C(=O)c3c(C)cc(C)cc3C)C(C)C)nc3cc(CN4CCN(C)CC4)ccc32)cc1. The molecule has 0 spiro atoms. The van der Waals surface area contributed by atoms with Crippen molar-refractivity contribution in [3.63, 3.8) is 0 Å². The molecule has 0 unspecified atom stereocenters. The Bertz CT molecular complexity index is 1490. The topological polar surface area (TPSA) is 44.6 Å². The zero-order chi connectivity index (χ0) is 28.6. The number of aryl methyl sites for hydroxylation is 4. The van der Waals surface area contributed by atoms with Crippen molar-refractivity contribution in [3.05, 3.63) is 93.8 Å². The number of carbonyl (C=O) groups excluding carboxylic acids is 1. The van der Waals surface area contributed by atoms with E-state index in [0.717, 1.165) is 72.0 Å². The molecule has 0 aliphatic carbocycles. The smallest absolute Gasteiger partial charge is 0.255 e. The number of amides is 1. The molecule has 1 aliphatic rings. The van der Waals surface area contributed by atoms with Gasteiger partial charge in [0, 0.05) is 50.0 Å². The molecule has 1 amide bonds. The highest BCUT2D eigenvalue weighted by Gasteiger charge is 2.25. The van der Waals surface area contributed by atoms with Crippen LogP contribution in [0.2, 0.25) is 0 Å². The van der Waals surface area contributed by atoms with E-state index in [1.165, 1.54) is 16.7 Å². The van der Waals surface area contributed by atoms with Crippen molar-refractivity contribution in [1.82, 2.24) is 24.3 Å². The second kappa shape index (κ2) is 11.6. The van der Waals surface area contributed by atoms with Gasteiger partial charge in [-0.05, 0) is 89.5 Å². The molecule has 6 nitrogen and oxygen atoms in total. The van der Waals surface area contributed by atoms with Gasteiger partial charge in [0.25, 0.3) is 5.91 Å². The number of benzene rings is 3. The van der Waals surface area contributed by atoms with Crippen LogP contribution in [0, 0.1) is 27.7 Å². The summed E-state index contributed by atoms with van der Waals surface area (Å²) in [5.41, 5.74) is 9.62. The Morgan fingerprint density at radius 1 is 0.875 bits per heavy atom. The summed E-state index contributed by atoms with van der Waals surface area (Å²) in [4.78, 5) is 26.1. The van der Waals surface area contributed by atoms with E-state index in [1.807, 2.05) is 18.7 Å². The van der Waals surface area contributed by atoms with Gasteiger partial charge in [-0.15, -0.1) is 0 Å². The summed E-state index contributed by atoms with van der Waals surface area (Å²) in [6, 6.07) is 19.5. The number of nitrogens with zero attached hydrogens (tertiary/aromatic N) is 5. The number of piperazine rings is 1. The van der Waals surface area contributed by atoms with Crippen molar-refractivity contribution in [1.29, 1.82) is 0 Å². The third-order valence-corrected chi connectivity index (χ3v) is 8.17. The van der Waals surface area contributed by atoms with Gasteiger partial charge in [0.15, 0.2) is 0 Å². The summed E-state index contributed by atoms with van der Waals surface area (Å²) < 4.78 is 2.23. The van der Waals surface area contributed by atoms with Gasteiger partial charge in [-0.1, -0.05) is 41.5 Å². The molecule has 1 saturated heterocycles. The maximum atomic E-state index is 14.0. The van der Waals surface area contributed by atoms with E-state index < -0.39 is 0 Å². The van der Waals surface area contributed by atoms with E-state index >= 15 is 0 Å². The standard InChI is InChI=1S/C34H43N5O/c1-23(2)38(34(40)33-26(5)18-25(4)19-27(33)6)22-32-35-30-20-28(21-37-16-14-36(7)15-17-37)10-13-31(30)39(32)29-11-8-24(3)9-12-29/h8-13,18-20,23H,14-17,21-22H2,1-7H3. The van der Waals surface area contributed by atoms with Gasteiger partial charge < -0.3 is 9.80 Å². The molecule has 4 aromatic rings. The van der Waals surface area contributed by atoms with Crippen LogP contribution in [0.5, 0.6) is 0 Å². The third-order valence-electron chi connectivity index (χ3n) is 8.17. The Hall–Kier alpha value is -3.48. The first-order chi connectivity index (χ1) is 19.1. The predicted molar refractivity (Wildman–Crippen MR) is 164 cm³/mol. The quantitative estimate of drug-likeness (QED) is 0.288. The lowest BCUT2D eigenvalue weighted by atomic mass is 9.98. The van der Waals surface area contributed by atoms with Crippen LogP contribution in [0.15, 0.2) is 54.6 Å². The van der Waals surface area contributed by atoms with Crippen molar-refractivity contribution >= 4 is 16.9 Å². The fourth-order valence-corrected chi connectivity index (χ4v) is 5.93. The molecular formula is C34H43N5O. The van der Waals surface area contributed by atoms with Gasteiger partial charge in [-0.2, -0.15) is 0 Å². The predicted octanol–water partition coefficient (Wildman–Crippen LogP) is 6.06. The fraction of sp³-hybridized carbons (Fsp3) is 0.412. The van der Waals surface area contributed by atoms with Crippen LogP contribution in [0.3, 0.4) is 0 Å². The Morgan fingerprint density at radius 2 is 1.52 bits per heavy atom. The number of fused-ring (bicyclic) bond motifs is 1. The number of likely N-dealkylation sites (N-methyl/N-ethyl adjacent to an activating group) is 1. The van der Waals surface area contributed by atoms with Crippen molar-refractivity contribution in [2.24, 2.45) is 0 Å².